The Morgan fingerprint density at radius 1 is 1.80 bits per heavy atom. The van der Waals surface area contributed by atoms with Crippen LogP contribution < -0.4 is 5.73 Å². The summed E-state index contributed by atoms with van der Waals surface area (Å²) in [6.45, 7) is 1.91. The second-order valence-electron chi connectivity index (χ2n) is 2.07. The lowest BCUT2D eigenvalue weighted by atomic mass is 10.4. The SMILES string of the molecule is COC(=O)CSC[C@@H](C)N. The minimum Gasteiger partial charge on any atom is -0.468 e. The second-order valence-corrected chi connectivity index (χ2v) is 3.10. The highest BCUT2D eigenvalue weighted by molar-refractivity contribution is 7.99. The fraction of sp³-hybridized carbons (Fsp3) is 0.833. The Morgan fingerprint density at radius 3 is 2.80 bits per heavy atom. The number of carbonyl (C=O) groups is 1. The van der Waals surface area contributed by atoms with Crippen LogP contribution in [0.5, 0.6) is 0 Å². The molecule has 1 atom stereocenters. The van der Waals surface area contributed by atoms with Gasteiger partial charge in [-0.05, 0) is 6.92 Å². The summed E-state index contributed by atoms with van der Waals surface area (Å²) in [6, 6.07) is 0.148. The lowest BCUT2D eigenvalue weighted by Gasteiger charge is -2.02. The van der Waals surface area contributed by atoms with E-state index in [1.165, 1.54) is 18.9 Å². The molecule has 0 aromatic heterocycles. The number of carbonyl (C=O) groups excluding carboxylic acids is 1. The van der Waals surface area contributed by atoms with Crippen molar-refractivity contribution in [3.05, 3.63) is 0 Å². The van der Waals surface area contributed by atoms with Crippen LogP contribution in [-0.2, 0) is 9.53 Å². The van der Waals surface area contributed by atoms with E-state index in [4.69, 9.17) is 5.73 Å². The second kappa shape index (κ2) is 5.56. The van der Waals surface area contributed by atoms with Gasteiger partial charge in [-0.15, -0.1) is 11.8 Å². The van der Waals surface area contributed by atoms with Crippen molar-refractivity contribution in [3.63, 3.8) is 0 Å². The van der Waals surface area contributed by atoms with Crippen molar-refractivity contribution in [2.45, 2.75) is 13.0 Å². The van der Waals surface area contributed by atoms with E-state index in [1.807, 2.05) is 6.92 Å². The average Bonchev–Trinajstić information content (AvgIpc) is 1.87. The minimum atomic E-state index is -0.189. The Hall–Kier alpha value is -0.220. The lowest BCUT2D eigenvalue weighted by molar-refractivity contribution is -0.137. The third kappa shape index (κ3) is 5.91. The van der Waals surface area contributed by atoms with Crippen molar-refractivity contribution in [2.24, 2.45) is 5.73 Å². The molecule has 0 heterocycles. The van der Waals surface area contributed by atoms with E-state index in [9.17, 15) is 4.79 Å². The van der Waals surface area contributed by atoms with Crippen LogP contribution in [0.1, 0.15) is 6.92 Å². The lowest BCUT2D eigenvalue weighted by Crippen LogP contribution is -2.18. The van der Waals surface area contributed by atoms with Gasteiger partial charge in [-0.1, -0.05) is 0 Å². The van der Waals surface area contributed by atoms with Gasteiger partial charge in [0.15, 0.2) is 0 Å². The fourth-order valence-corrected chi connectivity index (χ4v) is 1.16. The summed E-state index contributed by atoms with van der Waals surface area (Å²) < 4.78 is 4.43. The topological polar surface area (TPSA) is 52.3 Å². The normalized spacial score (nSPS) is 12.7. The van der Waals surface area contributed by atoms with E-state index < -0.39 is 0 Å². The maximum atomic E-state index is 10.5. The van der Waals surface area contributed by atoms with Crippen LogP contribution in [0.4, 0.5) is 0 Å². The Kier molecular flexibility index (Phi) is 5.43. The molecule has 0 spiro atoms. The van der Waals surface area contributed by atoms with Crippen molar-refractivity contribution >= 4 is 17.7 Å². The van der Waals surface area contributed by atoms with Gasteiger partial charge in [0.2, 0.25) is 0 Å². The Bertz CT molecular complexity index is 106. The van der Waals surface area contributed by atoms with Crippen molar-refractivity contribution in [1.29, 1.82) is 0 Å². The molecule has 10 heavy (non-hydrogen) atoms. The molecule has 3 nitrogen and oxygen atoms in total. The Balaban J connectivity index is 3.12. The Morgan fingerprint density at radius 2 is 2.40 bits per heavy atom. The summed E-state index contributed by atoms with van der Waals surface area (Å²) in [4.78, 5) is 10.5. The van der Waals surface area contributed by atoms with Crippen LogP contribution in [-0.4, -0.2) is 30.6 Å². The quantitative estimate of drug-likeness (QED) is 0.603. The van der Waals surface area contributed by atoms with Gasteiger partial charge in [0.1, 0.15) is 0 Å². The van der Waals surface area contributed by atoms with Gasteiger partial charge in [-0.3, -0.25) is 4.79 Å². The van der Waals surface area contributed by atoms with Crippen LogP contribution in [0.25, 0.3) is 0 Å². The molecule has 2 N–H and O–H groups in total. The van der Waals surface area contributed by atoms with E-state index in [-0.39, 0.29) is 12.0 Å². The first-order chi connectivity index (χ1) is 4.66. The smallest absolute Gasteiger partial charge is 0.315 e. The standard InChI is InChI=1S/C6H13NO2S/c1-5(7)3-10-4-6(8)9-2/h5H,3-4,7H2,1-2H3/t5-/m1/s1. The van der Waals surface area contributed by atoms with Crippen LogP contribution in [0.15, 0.2) is 0 Å². The number of thioether (sulfide) groups is 1. The summed E-state index contributed by atoms with van der Waals surface area (Å²) in [5.74, 6) is 1.01. The van der Waals surface area contributed by atoms with Gasteiger partial charge in [0, 0.05) is 11.8 Å². The molecule has 0 saturated heterocycles. The molecular formula is C6H13NO2S. The summed E-state index contributed by atoms with van der Waals surface area (Å²) in [5, 5.41) is 0. The van der Waals surface area contributed by atoms with Gasteiger partial charge >= 0.3 is 5.97 Å². The van der Waals surface area contributed by atoms with E-state index >= 15 is 0 Å². The number of methoxy groups -OCH3 is 1. The van der Waals surface area contributed by atoms with Crippen LogP contribution in [0.2, 0.25) is 0 Å². The van der Waals surface area contributed by atoms with Crippen molar-refractivity contribution in [3.8, 4) is 0 Å². The predicted octanol–water partition coefficient (Wildman–Crippen LogP) is 0.240. The minimum absolute atomic E-state index is 0.148. The zero-order valence-electron chi connectivity index (χ0n) is 6.29. The number of nitrogens with two attached hydrogens (primary N) is 1. The average molecular weight is 163 g/mol. The molecular weight excluding hydrogens is 150 g/mol. The first-order valence-electron chi connectivity index (χ1n) is 3.07. The number of ether oxygens (including phenoxy) is 1. The fourth-order valence-electron chi connectivity index (χ4n) is 0.387. The molecule has 0 amide bonds. The van der Waals surface area contributed by atoms with Crippen molar-refractivity contribution in [1.82, 2.24) is 0 Å². The van der Waals surface area contributed by atoms with Crippen LogP contribution in [0.3, 0.4) is 0 Å². The third-order valence-corrected chi connectivity index (χ3v) is 2.03. The molecule has 0 aliphatic heterocycles. The zero-order valence-corrected chi connectivity index (χ0v) is 7.11. The molecule has 0 aromatic carbocycles. The molecule has 0 unspecified atom stereocenters. The van der Waals surface area contributed by atoms with Gasteiger partial charge in [-0.2, -0.15) is 0 Å². The van der Waals surface area contributed by atoms with E-state index in [0.717, 1.165) is 5.75 Å². The van der Waals surface area contributed by atoms with Crippen LogP contribution >= 0.6 is 11.8 Å². The van der Waals surface area contributed by atoms with Crippen molar-refractivity contribution in [2.75, 3.05) is 18.6 Å². The first-order valence-corrected chi connectivity index (χ1v) is 4.22. The summed E-state index contributed by atoms with van der Waals surface area (Å²) in [5.41, 5.74) is 5.45. The highest BCUT2D eigenvalue weighted by atomic mass is 32.2. The summed E-state index contributed by atoms with van der Waals surface area (Å²) in [7, 11) is 1.38. The van der Waals surface area contributed by atoms with Gasteiger partial charge in [0.05, 0.1) is 12.9 Å². The largest absolute Gasteiger partial charge is 0.468 e. The molecule has 0 fully saturated rings. The predicted molar refractivity (Wildman–Crippen MR) is 43.0 cm³/mol. The number of hydrogen-bond acceptors (Lipinski definition) is 4. The molecule has 0 aliphatic carbocycles. The van der Waals surface area contributed by atoms with E-state index in [1.54, 1.807) is 0 Å². The van der Waals surface area contributed by atoms with E-state index in [2.05, 4.69) is 4.74 Å². The highest BCUT2D eigenvalue weighted by Crippen LogP contribution is 2.00. The third-order valence-electron chi connectivity index (χ3n) is 0.828. The molecule has 0 bridgehead atoms. The number of esters is 1. The molecule has 0 aliphatic rings. The number of rotatable bonds is 4. The van der Waals surface area contributed by atoms with Gasteiger partial charge in [0.25, 0.3) is 0 Å². The molecule has 4 heteroatoms. The molecule has 60 valence electrons. The monoisotopic (exact) mass is 163 g/mol. The molecule has 0 aromatic rings. The molecule has 0 radical (unpaired) electrons. The van der Waals surface area contributed by atoms with Gasteiger partial charge in [-0.25, -0.2) is 0 Å². The summed E-state index contributed by atoms with van der Waals surface area (Å²) >= 11 is 1.49. The van der Waals surface area contributed by atoms with Crippen LogP contribution in [0, 0.1) is 0 Å². The maximum absolute atomic E-state index is 10.5. The van der Waals surface area contributed by atoms with E-state index in [0.29, 0.717) is 5.75 Å². The number of hydrogen-bond donors (Lipinski definition) is 1. The summed E-state index contributed by atoms with van der Waals surface area (Å²) in [6.07, 6.45) is 0. The van der Waals surface area contributed by atoms with Gasteiger partial charge < -0.3 is 10.5 Å². The zero-order chi connectivity index (χ0) is 7.98. The Labute approximate surface area is 65.3 Å². The van der Waals surface area contributed by atoms with Crippen molar-refractivity contribution < 1.29 is 9.53 Å². The molecule has 0 saturated carbocycles. The maximum Gasteiger partial charge on any atom is 0.315 e. The molecule has 0 rings (SSSR count). The highest BCUT2D eigenvalue weighted by Gasteiger charge is 2.00. The first kappa shape index (κ1) is 9.78.